The first-order valence-corrected chi connectivity index (χ1v) is 4.93. The Kier molecular flexibility index (Phi) is 2.23. The molecule has 3 heteroatoms. The molecule has 0 aliphatic heterocycles. The Morgan fingerprint density at radius 1 is 1.57 bits per heavy atom. The lowest BCUT2D eigenvalue weighted by molar-refractivity contribution is 0.0994. The van der Waals surface area contributed by atoms with Crippen LogP contribution >= 0.6 is 0 Å². The maximum atomic E-state index is 11.1. The molecule has 1 heterocycles. The summed E-state index contributed by atoms with van der Waals surface area (Å²) < 4.78 is 0. The smallest absolute Gasteiger partial charge is 0.267 e. The molecule has 0 saturated heterocycles. The molecule has 1 aliphatic carbocycles. The molecule has 0 spiro atoms. The van der Waals surface area contributed by atoms with Gasteiger partial charge in [0.25, 0.3) is 5.91 Å². The Balaban J connectivity index is 2.31. The van der Waals surface area contributed by atoms with Crippen molar-refractivity contribution in [3.05, 3.63) is 29.1 Å². The number of hydrogen-bond acceptors (Lipinski definition) is 2. The molecule has 0 atom stereocenters. The van der Waals surface area contributed by atoms with Gasteiger partial charge in [0.15, 0.2) is 0 Å². The van der Waals surface area contributed by atoms with Gasteiger partial charge in [0.1, 0.15) is 5.69 Å². The number of aromatic nitrogens is 1. The van der Waals surface area contributed by atoms with E-state index in [0.29, 0.717) is 5.69 Å². The summed E-state index contributed by atoms with van der Waals surface area (Å²) in [6.45, 7) is 1.87. The van der Waals surface area contributed by atoms with Crippen LogP contribution in [-0.4, -0.2) is 10.9 Å². The molecular weight excluding hydrogens is 176 g/mol. The molecule has 0 aromatic carbocycles. The van der Waals surface area contributed by atoms with Gasteiger partial charge in [-0.25, -0.2) is 4.98 Å². The largest absolute Gasteiger partial charge is 0.364 e. The topological polar surface area (TPSA) is 56.0 Å². The summed E-state index contributed by atoms with van der Waals surface area (Å²) in [6, 6.07) is 3.91. The van der Waals surface area contributed by atoms with Crippen molar-refractivity contribution >= 4 is 5.91 Å². The Hall–Kier alpha value is -1.38. The third-order valence-corrected chi connectivity index (χ3v) is 2.56. The number of nitrogens with zero attached hydrogens (tertiary/aromatic N) is 1. The molecule has 1 aliphatic rings. The van der Waals surface area contributed by atoms with E-state index >= 15 is 0 Å². The van der Waals surface area contributed by atoms with Crippen LogP contribution in [0.5, 0.6) is 0 Å². The monoisotopic (exact) mass is 190 g/mol. The maximum Gasteiger partial charge on any atom is 0.267 e. The number of primary amides is 1. The average Bonchev–Trinajstić information content (AvgIpc) is 2.91. The van der Waals surface area contributed by atoms with Crippen molar-refractivity contribution in [1.29, 1.82) is 0 Å². The van der Waals surface area contributed by atoms with E-state index in [2.05, 4.69) is 4.98 Å². The number of rotatable bonds is 3. The van der Waals surface area contributed by atoms with Crippen molar-refractivity contribution in [3.63, 3.8) is 0 Å². The first-order chi connectivity index (χ1) is 6.66. The molecule has 1 fully saturated rings. The van der Waals surface area contributed by atoms with Crippen LogP contribution in [0.25, 0.3) is 0 Å². The average molecular weight is 190 g/mol. The Morgan fingerprint density at radius 3 is 2.86 bits per heavy atom. The fourth-order valence-electron chi connectivity index (χ4n) is 1.60. The SMILES string of the molecule is Cc1ccc(CC2CC2)c(C(N)=O)n1. The van der Waals surface area contributed by atoms with Crippen LogP contribution in [0.1, 0.15) is 34.6 Å². The summed E-state index contributed by atoms with van der Waals surface area (Å²) in [5.74, 6) is 0.335. The summed E-state index contributed by atoms with van der Waals surface area (Å²) in [5.41, 5.74) is 7.58. The Morgan fingerprint density at radius 2 is 2.29 bits per heavy atom. The lowest BCUT2D eigenvalue weighted by Crippen LogP contribution is -2.16. The third kappa shape index (κ3) is 1.92. The minimum absolute atomic E-state index is 0.413. The van der Waals surface area contributed by atoms with E-state index < -0.39 is 5.91 Å². The van der Waals surface area contributed by atoms with Crippen LogP contribution in [0.3, 0.4) is 0 Å². The Labute approximate surface area is 83.3 Å². The van der Waals surface area contributed by atoms with E-state index in [9.17, 15) is 4.79 Å². The van der Waals surface area contributed by atoms with Gasteiger partial charge in [-0.3, -0.25) is 4.79 Å². The molecule has 1 saturated carbocycles. The number of amides is 1. The van der Waals surface area contributed by atoms with Crippen LogP contribution in [0.4, 0.5) is 0 Å². The second kappa shape index (κ2) is 3.40. The normalized spacial score (nSPS) is 15.5. The van der Waals surface area contributed by atoms with Crippen LogP contribution in [0.2, 0.25) is 0 Å². The Bertz CT molecular complexity index is 370. The highest BCUT2D eigenvalue weighted by molar-refractivity contribution is 5.92. The maximum absolute atomic E-state index is 11.1. The molecule has 3 nitrogen and oxygen atoms in total. The van der Waals surface area contributed by atoms with E-state index in [1.165, 1.54) is 12.8 Å². The van der Waals surface area contributed by atoms with Crippen molar-refractivity contribution < 1.29 is 4.79 Å². The summed E-state index contributed by atoms with van der Waals surface area (Å²) in [7, 11) is 0. The van der Waals surface area contributed by atoms with Crippen molar-refractivity contribution in [2.75, 3.05) is 0 Å². The predicted molar refractivity (Wildman–Crippen MR) is 53.9 cm³/mol. The highest BCUT2D eigenvalue weighted by Crippen LogP contribution is 2.33. The molecule has 2 rings (SSSR count). The molecular formula is C11H14N2O. The van der Waals surface area contributed by atoms with Gasteiger partial charge in [-0.05, 0) is 43.7 Å². The molecule has 1 aromatic heterocycles. The van der Waals surface area contributed by atoms with E-state index in [0.717, 1.165) is 23.6 Å². The van der Waals surface area contributed by atoms with E-state index in [1.807, 2.05) is 19.1 Å². The number of carbonyl (C=O) groups is 1. The lowest BCUT2D eigenvalue weighted by Gasteiger charge is -2.05. The minimum atomic E-state index is -0.413. The second-order valence-corrected chi connectivity index (χ2v) is 3.97. The van der Waals surface area contributed by atoms with E-state index in [4.69, 9.17) is 5.73 Å². The quantitative estimate of drug-likeness (QED) is 0.784. The van der Waals surface area contributed by atoms with Gasteiger partial charge in [0.05, 0.1) is 0 Å². The van der Waals surface area contributed by atoms with Gasteiger partial charge in [0.2, 0.25) is 0 Å². The van der Waals surface area contributed by atoms with Crippen molar-refractivity contribution in [3.8, 4) is 0 Å². The van der Waals surface area contributed by atoms with E-state index in [-0.39, 0.29) is 0 Å². The number of carbonyl (C=O) groups excluding carboxylic acids is 1. The highest BCUT2D eigenvalue weighted by atomic mass is 16.1. The standard InChI is InChI=1S/C11H14N2O/c1-7-2-5-9(6-8-3-4-8)10(13-7)11(12)14/h2,5,8H,3-4,6H2,1H3,(H2,12,14). The zero-order chi connectivity index (χ0) is 10.1. The first-order valence-electron chi connectivity index (χ1n) is 4.93. The molecule has 74 valence electrons. The molecule has 2 N–H and O–H groups in total. The first kappa shape index (κ1) is 9.19. The molecule has 1 amide bonds. The number of aryl methyl sites for hydroxylation is 1. The summed E-state index contributed by atoms with van der Waals surface area (Å²) in [4.78, 5) is 15.3. The van der Waals surface area contributed by atoms with Gasteiger partial charge < -0.3 is 5.73 Å². The summed E-state index contributed by atoms with van der Waals surface area (Å²) in [6.07, 6.45) is 3.49. The number of nitrogens with two attached hydrogens (primary N) is 1. The summed E-state index contributed by atoms with van der Waals surface area (Å²) in [5, 5.41) is 0. The second-order valence-electron chi connectivity index (χ2n) is 3.97. The number of pyridine rings is 1. The van der Waals surface area contributed by atoms with Crippen molar-refractivity contribution in [1.82, 2.24) is 4.98 Å². The van der Waals surface area contributed by atoms with Gasteiger partial charge in [-0.15, -0.1) is 0 Å². The van der Waals surface area contributed by atoms with Gasteiger partial charge >= 0.3 is 0 Å². The minimum Gasteiger partial charge on any atom is -0.364 e. The van der Waals surface area contributed by atoms with Crippen LogP contribution < -0.4 is 5.73 Å². The zero-order valence-corrected chi connectivity index (χ0v) is 8.29. The molecule has 1 aromatic rings. The lowest BCUT2D eigenvalue weighted by atomic mass is 10.1. The molecule has 0 radical (unpaired) electrons. The highest BCUT2D eigenvalue weighted by Gasteiger charge is 2.23. The molecule has 0 unspecified atom stereocenters. The van der Waals surface area contributed by atoms with Crippen LogP contribution in [0, 0.1) is 12.8 Å². The van der Waals surface area contributed by atoms with Crippen molar-refractivity contribution in [2.24, 2.45) is 11.7 Å². The van der Waals surface area contributed by atoms with Crippen LogP contribution in [-0.2, 0) is 6.42 Å². The number of hydrogen-bond donors (Lipinski definition) is 1. The fraction of sp³-hybridized carbons (Fsp3) is 0.455. The zero-order valence-electron chi connectivity index (χ0n) is 8.29. The van der Waals surface area contributed by atoms with Crippen molar-refractivity contribution in [2.45, 2.75) is 26.2 Å². The predicted octanol–water partition coefficient (Wildman–Crippen LogP) is 1.44. The molecule has 0 bridgehead atoms. The van der Waals surface area contributed by atoms with E-state index in [1.54, 1.807) is 0 Å². The van der Waals surface area contributed by atoms with Gasteiger partial charge in [-0.1, -0.05) is 6.07 Å². The van der Waals surface area contributed by atoms with Crippen LogP contribution in [0.15, 0.2) is 12.1 Å². The third-order valence-electron chi connectivity index (χ3n) is 2.56. The summed E-state index contributed by atoms with van der Waals surface area (Å²) >= 11 is 0. The fourth-order valence-corrected chi connectivity index (χ4v) is 1.60. The molecule has 14 heavy (non-hydrogen) atoms. The van der Waals surface area contributed by atoms with Gasteiger partial charge in [-0.2, -0.15) is 0 Å². The van der Waals surface area contributed by atoms with Gasteiger partial charge in [0, 0.05) is 5.69 Å².